The van der Waals surface area contributed by atoms with Crippen molar-refractivity contribution in [3.8, 4) is 39.5 Å². The zero-order chi connectivity index (χ0) is 23.8. The summed E-state index contributed by atoms with van der Waals surface area (Å²) in [6.07, 6.45) is 0. The first-order valence-electron chi connectivity index (χ1n) is 10.4. The van der Waals surface area contributed by atoms with E-state index in [0.717, 1.165) is 10.2 Å². The van der Waals surface area contributed by atoms with Gasteiger partial charge in [0, 0.05) is 17.2 Å². The number of aromatic nitrogens is 2. The second-order valence-electron chi connectivity index (χ2n) is 7.46. The highest BCUT2D eigenvalue weighted by molar-refractivity contribution is 7.20. The van der Waals surface area contributed by atoms with E-state index in [1.807, 2.05) is 24.3 Å². The van der Waals surface area contributed by atoms with Crippen molar-refractivity contribution in [2.45, 2.75) is 0 Å². The first kappa shape index (κ1) is 21.5. The number of thiazole rings is 1. The van der Waals surface area contributed by atoms with E-state index in [4.69, 9.17) is 9.47 Å². The van der Waals surface area contributed by atoms with Gasteiger partial charge in [-0.2, -0.15) is 0 Å². The Morgan fingerprint density at radius 2 is 1.68 bits per heavy atom. The van der Waals surface area contributed by atoms with Gasteiger partial charge in [0.25, 0.3) is 0 Å². The Bertz CT molecular complexity index is 1490. The Hall–Kier alpha value is -4.30. The molecule has 0 aliphatic carbocycles. The summed E-state index contributed by atoms with van der Waals surface area (Å²) >= 11 is 1.33. The van der Waals surface area contributed by atoms with E-state index in [9.17, 15) is 15.0 Å². The molecule has 0 spiro atoms. The SMILES string of the molecule is COc1ccc(-c2c(C(=O)c3ccccc3)c(O)c(O)n2-c2nc3ccccc3s2)c(OC)c1. The van der Waals surface area contributed by atoms with Crippen molar-refractivity contribution in [3.63, 3.8) is 0 Å². The van der Waals surface area contributed by atoms with E-state index >= 15 is 0 Å². The van der Waals surface area contributed by atoms with Crippen LogP contribution < -0.4 is 9.47 Å². The molecule has 170 valence electrons. The molecule has 5 aromatic rings. The Morgan fingerprint density at radius 1 is 0.941 bits per heavy atom. The number of carbonyl (C=O) groups is 1. The van der Waals surface area contributed by atoms with Gasteiger partial charge in [-0.05, 0) is 24.3 Å². The molecule has 2 heterocycles. The predicted molar refractivity (Wildman–Crippen MR) is 131 cm³/mol. The molecule has 0 saturated carbocycles. The summed E-state index contributed by atoms with van der Waals surface area (Å²) in [5.74, 6) is -0.488. The third-order valence-electron chi connectivity index (χ3n) is 5.52. The molecule has 0 aliphatic rings. The van der Waals surface area contributed by atoms with Crippen molar-refractivity contribution in [1.82, 2.24) is 9.55 Å². The van der Waals surface area contributed by atoms with E-state index in [-0.39, 0.29) is 11.3 Å². The van der Waals surface area contributed by atoms with Crippen LogP contribution in [0.2, 0.25) is 0 Å². The molecule has 2 aromatic heterocycles. The van der Waals surface area contributed by atoms with Crippen LogP contribution in [-0.4, -0.2) is 39.8 Å². The number of ether oxygens (including phenoxy) is 2. The Morgan fingerprint density at radius 3 is 2.38 bits per heavy atom. The second kappa shape index (κ2) is 8.57. The first-order valence-corrected chi connectivity index (χ1v) is 11.2. The number of hydrogen-bond donors (Lipinski definition) is 2. The molecule has 0 aliphatic heterocycles. The maximum absolute atomic E-state index is 13.6. The fourth-order valence-electron chi connectivity index (χ4n) is 3.89. The predicted octanol–water partition coefficient (Wildman–Crippen LogP) is 5.41. The highest BCUT2D eigenvalue weighted by Gasteiger charge is 2.32. The number of aromatic hydroxyl groups is 2. The van der Waals surface area contributed by atoms with Crippen LogP contribution >= 0.6 is 11.3 Å². The third kappa shape index (κ3) is 3.45. The summed E-state index contributed by atoms with van der Waals surface area (Å²) in [5, 5.41) is 22.5. The third-order valence-corrected chi connectivity index (χ3v) is 6.54. The van der Waals surface area contributed by atoms with Crippen LogP contribution in [0, 0.1) is 0 Å². The molecule has 0 saturated heterocycles. The van der Waals surface area contributed by atoms with Crippen LogP contribution in [0.1, 0.15) is 15.9 Å². The van der Waals surface area contributed by atoms with Crippen LogP contribution in [0.15, 0.2) is 72.8 Å². The molecule has 0 radical (unpaired) electrons. The number of fused-ring (bicyclic) bond motifs is 1. The van der Waals surface area contributed by atoms with Gasteiger partial charge in [-0.15, -0.1) is 0 Å². The molecular weight excluding hydrogens is 452 g/mol. The lowest BCUT2D eigenvalue weighted by Crippen LogP contribution is -2.05. The molecule has 34 heavy (non-hydrogen) atoms. The molecule has 0 unspecified atom stereocenters. The summed E-state index contributed by atoms with van der Waals surface area (Å²) in [6.45, 7) is 0. The minimum absolute atomic E-state index is 0.0496. The number of rotatable bonds is 6. The number of methoxy groups -OCH3 is 2. The van der Waals surface area contributed by atoms with Gasteiger partial charge in [-0.3, -0.25) is 9.36 Å². The fraction of sp³-hybridized carbons (Fsp3) is 0.0769. The highest BCUT2D eigenvalue weighted by Crippen LogP contribution is 2.47. The van der Waals surface area contributed by atoms with E-state index in [1.165, 1.54) is 23.0 Å². The van der Waals surface area contributed by atoms with Crippen molar-refractivity contribution in [2.75, 3.05) is 14.2 Å². The molecular formula is C26H20N2O5S. The number of benzene rings is 3. The van der Waals surface area contributed by atoms with Crippen LogP contribution in [0.5, 0.6) is 23.1 Å². The van der Waals surface area contributed by atoms with Crippen LogP contribution in [0.4, 0.5) is 0 Å². The number of carbonyl (C=O) groups excluding carboxylic acids is 1. The first-order chi connectivity index (χ1) is 16.5. The average molecular weight is 473 g/mol. The van der Waals surface area contributed by atoms with Crippen LogP contribution in [-0.2, 0) is 0 Å². The zero-order valence-electron chi connectivity index (χ0n) is 18.4. The standard InChI is InChI=1S/C26H20N2O5S/c1-32-16-12-13-17(19(14-16)33-2)22-21(23(29)15-8-4-3-5-9-15)24(30)25(31)28(22)26-27-18-10-6-7-11-20(18)34-26/h3-14,30-31H,1-2H3. The number of para-hydroxylation sites is 1. The molecule has 5 rings (SSSR count). The van der Waals surface area contributed by atoms with Gasteiger partial charge in [-0.1, -0.05) is 53.8 Å². The Labute approximate surface area is 199 Å². The highest BCUT2D eigenvalue weighted by atomic mass is 32.1. The topological polar surface area (TPSA) is 93.8 Å². The van der Waals surface area contributed by atoms with Gasteiger partial charge in [0.05, 0.1) is 35.7 Å². The molecule has 0 atom stereocenters. The lowest BCUT2D eigenvalue weighted by Gasteiger charge is -2.14. The molecule has 7 nitrogen and oxygen atoms in total. The lowest BCUT2D eigenvalue weighted by molar-refractivity contribution is 0.103. The van der Waals surface area contributed by atoms with Gasteiger partial charge < -0.3 is 19.7 Å². The molecule has 8 heteroatoms. The summed E-state index contributed by atoms with van der Waals surface area (Å²) in [6, 6.07) is 21.3. The lowest BCUT2D eigenvalue weighted by atomic mass is 9.98. The van der Waals surface area contributed by atoms with Gasteiger partial charge >= 0.3 is 0 Å². The van der Waals surface area contributed by atoms with Gasteiger partial charge in [-0.25, -0.2) is 4.98 Å². The molecule has 0 fully saturated rings. The Kier molecular flexibility index (Phi) is 5.43. The second-order valence-corrected chi connectivity index (χ2v) is 8.47. The van der Waals surface area contributed by atoms with E-state index in [0.29, 0.717) is 27.8 Å². The monoisotopic (exact) mass is 472 g/mol. The number of nitrogens with zero attached hydrogens (tertiary/aromatic N) is 2. The quantitative estimate of drug-likeness (QED) is 0.321. The summed E-state index contributed by atoms with van der Waals surface area (Å²) < 4.78 is 13.2. The van der Waals surface area contributed by atoms with Crippen molar-refractivity contribution >= 4 is 27.3 Å². The summed E-state index contributed by atoms with van der Waals surface area (Å²) in [7, 11) is 3.04. The van der Waals surface area contributed by atoms with E-state index < -0.39 is 17.4 Å². The summed E-state index contributed by atoms with van der Waals surface area (Å²) in [5.41, 5.74) is 1.80. The Balaban J connectivity index is 1.85. The normalized spacial score (nSPS) is 11.0. The molecule has 0 amide bonds. The zero-order valence-corrected chi connectivity index (χ0v) is 19.2. The van der Waals surface area contributed by atoms with Crippen molar-refractivity contribution < 1.29 is 24.5 Å². The smallest absolute Gasteiger partial charge is 0.242 e. The van der Waals surface area contributed by atoms with Crippen molar-refractivity contribution in [2.24, 2.45) is 0 Å². The van der Waals surface area contributed by atoms with Gasteiger partial charge in [0.1, 0.15) is 11.5 Å². The number of hydrogen-bond acceptors (Lipinski definition) is 7. The number of ketones is 1. The average Bonchev–Trinajstić information content (AvgIpc) is 3.42. The van der Waals surface area contributed by atoms with Gasteiger partial charge in [0.2, 0.25) is 5.88 Å². The van der Waals surface area contributed by atoms with Crippen LogP contribution in [0.3, 0.4) is 0 Å². The van der Waals surface area contributed by atoms with Crippen molar-refractivity contribution in [3.05, 3.63) is 83.9 Å². The maximum atomic E-state index is 13.6. The van der Waals surface area contributed by atoms with Crippen LogP contribution in [0.25, 0.3) is 26.6 Å². The fourth-order valence-corrected chi connectivity index (χ4v) is 4.86. The minimum Gasteiger partial charge on any atom is -0.503 e. The molecule has 2 N–H and O–H groups in total. The molecule has 0 bridgehead atoms. The van der Waals surface area contributed by atoms with Gasteiger partial charge in [0.15, 0.2) is 16.7 Å². The van der Waals surface area contributed by atoms with Crippen molar-refractivity contribution in [1.29, 1.82) is 0 Å². The maximum Gasteiger partial charge on any atom is 0.242 e. The minimum atomic E-state index is -0.527. The molecule has 3 aromatic carbocycles. The largest absolute Gasteiger partial charge is 0.503 e. The van der Waals surface area contributed by atoms with E-state index in [1.54, 1.807) is 55.6 Å². The summed E-state index contributed by atoms with van der Waals surface area (Å²) in [4.78, 5) is 18.2. The van der Waals surface area contributed by atoms with E-state index in [2.05, 4.69) is 4.98 Å².